The van der Waals surface area contributed by atoms with E-state index in [2.05, 4.69) is 48.0 Å². The number of rotatable bonds is 7. The zero-order chi connectivity index (χ0) is 18.6. The smallest absolute Gasteiger partial charge is 0.118 e. The van der Waals surface area contributed by atoms with Gasteiger partial charge in [-0.05, 0) is 30.5 Å². The van der Waals surface area contributed by atoms with Gasteiger partial charge in [-0.15, -0.1) is 0 Å². The van der Waals surface area contributed by atoms with Crippen molar-refractivity contribution in [3.8, 4) is 5.75 Å². The third-order valence-electron chi connectivity index (χ3n) is 4.91. The molecule has 0 saturated carbocycles. The summed E-state index contributed by atoms with van der Waals surface area (Å²) in [6.45, 7) is 10.3. The van der Waals surface area contributed by atoms with Crippen LogP contribution in [-0.4, -0.2) is 41.5 Å². The zero-order valence-electron chi connectivity index (χ0n) is 16.4. The first-order valence-electron chi connectivity index (χ1n) is 9.45. The van der Waals surface area contributed by atoms with E-state index in [-0.39, 0.29) is 5.41 Å². The highest BCUT2D eigenvalue weighted by molar-refractivity contribution is 5.27. The van der Waals surface area contributed by atoms with Crippen molar-refractivity contribution in [1.82, 2.24) is 15.1 Å². The van der Waals surface area contributed by atoms with Crippen molar-refractivity contribution in [3.63, 3.8) is 0 Å². The Hall–Kier alpha value is -1.85. The van der Waals surface area contributed by atoms with Gasteiger partial charge in [0.25, 0.3) is 0 Å². The van der Waals surface area contributed by atoms with Gasteiger partial charge in [0.05, 0.1) is 19.4 Å². The monoisotopic (exact) mass is 357 g/mol. The summed E-state index contributed by atoms with van der Waals surface area (Å²) in [5.74, 6) is 0.893. The molecule has 0 aliphatic carbocycles. The molecule has 1 atom stereocenters. The largest absolute Gasteiger partial charge is 0.497 e. The van der Waals surface area contributed by atoms with Crippen LogP contribution in [0.15, 0.2) is 30.5 Å². The highest BCUT2D eigenvalue weighted by atomic mass is 16.5. The average molecular weight is 357 g/mol. The number of ether oxygens (including phenoxy) is 2. The highest BCUT2D eigenvalue weighted by Crippen LogP contribution is 2.26. The summed E-state index contributed by atoms with van der Waals surface area (Å²) in [4.78, 5) is 2.47. The van der Waals surface area contributed by atoms with Crippen LogP contribution < -0.4 is 4.74 Å². The summed E-state index contributed by atoms with van der Waals surface area (Å²) in [6.07, 6.45) is 4.62. The molecule has 142 valence electrons. The molecule has 26 heavy (non-hydrogen) atoms. The Kier molecular flexibility index (Phi) is 5.99. The second-order valence-electron chi connectivity index (χ2n) is 8.17. The molecule has 0 spiro atoms. The number of hydrogen-bond donors (Lipinski definition) is 1. The fraction of sp³-hybridized carbons (Fsp3) is 0.571. The van der Waals surface area contributed by atoms with Crippen molar-refractivity contribution in [2.45, 2.75) is 58.2 Å². The summed E-state index contributed by atoms with van der Waals surface area (Å²) < 4.78 is 11.2. The molecule has 5 heteroatoms. The number of hydrogen-bond acceptors (Lipinski definition) is 4. The average Bonchev–Trinajstić information content (AvgIpc) is 3.27. The molecule has 0 radical (unpaired) electrons. The topological polar surface area (TPSA) is 50.4 Å². The molecular formula is C21H31N3O2. The number of nitrogens with zero attached hydrogens (tertiary/aromatic N) is 2. The molecule has 2 aromatic rings. The van der Waals surface area contributed by atoms with E-state index in [1.807, 2.05) is 18.3 Å². The molecule has 0 bridgehead atoms. The third kappa shape index (κ3) is 4.86. The van der Waals surface area contributed by atoms with Gasteiger partial charge >= 0.3 is 0 Å². The third-order valence-corrected chi connectivity index (χ3v) is 4.91. The second kappa shape index (κ2) is 8.23. The number of aromatic nitrogens is 2. The Morgan fingerprint density at radius 1 is 1.23 bits per heavy atom. The first kappa shape index (κ1) is 18.9. The van der Waals surface area contributed by atoms with E-state index in [1.165, 1.54) is 23.2 Å². The van der Waals surface area contributed by atoms with Gasteiger partial charge in [0.15, 0.2) is 0 Å². The van der Waals surface area contributed by atoms with Gasteiger partial charge in [-0.3, -0.25) is 10.00 Å². The first-order chi connectivity index (χ1) is 12.5. The predicted octanol–water partition coefficient (Wildman–Crippen LogP) is 3.90. The van der Waals surface area contributed by atoms with Crippen molar-refractivity contribution in [2.24, 2.45) is 0 Å². The quantitative estimate of drug-likeness (QED) is 0.816. The Balaban J connectivity index is 1.75. The molecule has 2 heterocycles. The normalized spacial score (nSPS) is 17.8. The highest BCUT2D eigenvalue weighted by Gasteiger charge is 2.24. The summed E-state index contributed by atoms with van der Waals surface area (Å²) in [6, 6.07) is 8.33. The van der Waals surface area contributed by atoms with Crippen LogP contribution in [-0.2, 0) is 23.2 Å². The van der Waals surface area contributed by atoms with E-state index in [0.29, 0.717) is 6.10 Å². The van der Waals surface area contributed by atoms with Crippen molar-refractivity contribution < 1.29 is 9.47 Å². The predicted molar refractivity (Wildman–Crippen MR) is 103 cm³/mol. The standard InChI is InChI=1S/C21H31N3O2/c1-21(2,3)20-17(12-22-23-20)14-24(15-19-6-5-11-26-19)13-16-7-9-18(25-4)10-8-16/h7-10,12,19H,5-6,11,13-15H2,1-4H3,(H,22,23). The maximum absolute atomic E-state index is 5.89. The molecule has 0 amide bonds. The van der Waals surface area contributed by atoms with Gasteiger partial charge in [0.2, 0.25) is 0 Å². The van der Waals surface area contributed by atoms with Crippen LogP contribution in [0.3, 0.4) is 0 Å². The van der Waals surface area contributed by atoms with Gasteiger partial charge < -0.3 is 9.47 Å². The molecule has 1 saturated heterocycles. The van der Waals surface area contributed by atoms with E-state index >= 15 is 0 Å². The lowest BCUT2D eigenvalue weighted by Crippen LogP contribution is -2.32. The Morgan fingerprint density at radius 3 is 2.62 bits per heavy atom. The SMILES string of the molecule is COc1ccc(CN(Cc2cn[nH]c2C(C)(C)C)CC2CCCO2)cc1. The van der Waals surface area contributed by atoms with Crippen LogP contribution in [0.2, 0.25) is 0 Å². The number of nitrogens with one attached hydrogen (secondary N) is 1. The first-order valence-corrected chi connectivity index (χ1v) is 9.45. The van der Waals surface area contributed by atoms with E-state index < -0.39 is 0 Å². The van der Waals surface area contributed by atoms with Crippen molar-refractivity contribution in [1.29, 1.82) is 0 Å². The molecule has 1 aliphatic heterocycles. The number of aromatic amines is 1. The van der Waals surface area contributed by atoms with E-state index in [9.17, 15) is 0 Å². The maximum Gasteiger partial charge on any atom is 0.118 e. The van der Waals surface area contributed by atoms with Crippen LogP contribution in [0.25, 0.3) is 0 Å². The molecular weight excluding hydrogens is 326 g/mol. The summed E-state index contributed by atoms with van der Waals surface area (Å²) in [5.41, 5.74) is 3.82. The van der Waals surface area contributed by atoms with Gasteiger partial charge in [0, 0.05) is 42.9 Å². The number of benzene rings is 1. The molecule has 5 nitrogen and oxygen atoms in total. The van der Waals surface area contributed by atoms with Gasteiger partial charge in [-0.25, -0.2) is 0 Å². The fourth-order valence-corrected chi connectivity index (χ4v) is 3.57. The van der Waals surface area contributed by atoms with Crippen LogP contribution in [0, 0.1) is 0 Å². The lowest BCUT2D eigenvalue weighted by Gasteiger charge is -2.27. The molecule has 1 N–H and O–H groups in total. The van der Waals surface area contributed by atoms with Crippen LogP contribution in [0.5, 0.6) is 5.75 Å². The Morgan fingerprint density at radius 2 is 2.00 bits per heavy atom. The lowest BCUT2D eigenvalue weighted by molar-refractivity contribution is 0.0677. The number of methoxy groups -OCH3 is 1. The lowest BCUT2D eigenvalue weighted by atomic mass is 9.89. The molecule has 1 aliphatic rings. The minimum absolute atomic E-state index is 0.0570. The van der Waals surface area contributed by atoms with Crippen LogP contribution in [0.4, 0.5) is 0 Å². The summed E-state index contributed by atoms with van der Waals surface area (Å²) >= 11 is 0. The minimum atomic E-state index is 0.0570. The Labute approximate surface area is 156 Å². The van der Waals surface area contributed by atoms with Gasteiger partial charge in [0.1, 0.15) is 5.75 Å². The summed E-state index contributed by atoms with van der Waals surface area (Å²) in [7, 11) is 1.70. The van der Waals surface area contributed by atoms with E-state index in [4.69, 9.17) is 9.47 Å². The minimum Gasteiger partial charge on any atom is -0.497 e. The molecule has 3 rings (SSSR count). The summed E-state index contributed by atoms with van der Waals surface area (Å²) in [5, 5.41) is 7.50. The zero-order valence-corrected chi connectivity index (χ0v) is 16.4. The molecule has 1 aromatic heterocycles. The fourth-order valence-electron chi connectivity index (χ4n) is 3.57. The van der Waals surface area contributed by atoms with Crippen molar-refractivity contribution in [3.05, 3.63) is 47.3 Å². The Bertz CT molecular complexity index is 682. The van der Waals surface area contributed by atoms with Crippen LogP contribution >= 0.6 is 0 Å². The maximum atomic E-state index is 5.89. The van der Waals surface area contributed by atoms with E-state index in [1.54, 1.807) is 7.11 Å². The van der Waals surface area contributed by atoms with Gasteiger partial charge in [-0.2, -0.15) is 5.10 Å². The molecule has 1 fully saturated rings. The molecule has 1 unspecified atom stereocenters. The van der Waals surface area contributed by atoms with Crippen molar-refractivity contribution >= 4 is 0 Å². The second-order valence-corrected chi connectivity index (χ2v) is 8.17. The molecule has 1 aromatic carbocycles. The van der Waals surface area contributed by atoms with E-state index in [0.717, 1.165) is 38.4 Å². The van der Waals surface area contributed by atoms with Gasteiger partial charge in [-0.1, -0.05) is 32.9 Å². The van der Waals surface area contributed by atoms with Crippen molar-refractivity contribution in [2.75, 3.05) is 20.3 Å². The van der Waals surface area contributed by atoms with Crippen LogP contribution in [0.1, 0.15) is 50.4 Å². The number of H-pyrrole nitrogens is 1.